The topological polar surface area (TPSA) is 84.0 Å². The molecule has 6 rings (SSSR count). The molecule has 7 nitrogen and oxygen atoms in total. The molecule has 4 aliphatic rings. The Kier molecular flexibility index (Phi) is 5.28. The van der Waals surface area contributed by atoms with Crippen LogP contribution in [0.25, 0.3) is 0 Å². The number of benzene rings is 2. The van der Waals surface area contributed by atoms with Crippen molar-refractivity contribution in [3.05, 3.63) is 53.1 Å². The summed E-state index contributed by atoms with van der Waals surface area (Å²) in [6.07, 6.45) is 3.18. The third-order valence-corrected chi connectivity index (χ3v) is 8.88. The summed E-state index contributed by atoms with van der Waals surface area (Å²) in [4.78, 5) is 55.0. The standard InChI is InChI=1S/C29H30N2O5/c1-15-5-4-6-23(17(15)3)30-14-20(13-24(30)32)29(35)36-21-9-10-22(16(2)11-21)31-27(33)25-18-7-8-19(12-18)26(25)28(31)34/h4-6,9-11,18-20,25-26H,7-8,12-14H2,1-3H3/t18-,19-,20+,25-,26+/m0/s1. The molecular formula is C29H30N2O5. The molecule has 0 radical (unpaired) electrons. The highest BCUT2D eigenvalue weighted by molar-refractivity contribution is 6.23. The molecule has 36 heavy (non-hydrogen) atoms. The quantitative estimate of drug-likeness (QED) is 0.369. The molecule has 2 aromatic carbocycles. The van der Waals surface area contributed by atoms with Crippen molar-refractivity contribution in [1.29, 1.82) is 0 Å². The Labute approximate surface area is 210 Å². The summed E-state index contributed by atoms with van der Waals surface area (Å²) >= 11 is 0. The fraction of sp³-hybridized carbons (Fsp3) is 0.448. The first-order valence-electron chi connectivity index (χ1n) is 12.8. The van der Waals surface area contributed by atoms with Gasteiger partial charge in [0.2, 0.25) is 17.7 Å². The van der Waals surface area contributed by atoms with Crippen molar-refractivity contribution in [2.24, 2.45) is 29.6 Å². The molecule has 2 aliphatic heterocycles. The van der Waals surface area contributed by atoms with Gasteiger partial charge < -0.3 is 9.64 Å². The van der Waals surface area contributed by atoms with Crippen LogP contribution >= 0.6 is 0 Å². The van der Waals surface area contributed by atoms with Crippen molar-refractivity contribution in [3.8, 4) is 5.75 Å². The zero-order chi connectivity index (χ0) is 25.3. The van der Waals surface area contributed by atoms with E-state index in [2.05, 4.69) is 0 Å². The predicted octanol–water partition coefficient (Wildman–Crippen LogP) is 4.11. The minimum Gasteiger partial charge on any atom is -0.426 e. The molecule has 2 saturated heterocycles. The molecule has 2 saturated carbocycles. The average Bonchev–Trinajstić information content (AvgIpc) is 3.60. The van der Waals surface area contributed by atoms with Gasteiger partial charge in [0, 0.05) is 18.7 Å². The lowest BCUT2D eigenvalue weighted by Crippen LogP contribution is -2.33. The van der Waals surface area contributed by atoms with Crippen molar-refractivity contribution in [3.63, 3.8) is 0 Å². The summed E-state index contributed by atoms with van der Waals surface area (Å²) in [5, 5.41) is 0. The van der Waals surface area contributed by atoms with Crippen LogP contribution in [-0.4, -0.2) is 30.2 Å². The predicted molar refractivity (Wildman–Crippen MR) is 133 cm³/mol. The van der Waals surface area contributed by atoms with Gasteiger partial charge in [0.15, 0.2) is 0 Å². The van der Waals surface area contributed by atoms with Crippen molar-refractivity contribution < 1.29 is 23.9 Å². The van der Waals surface area contributed by atoms with Crippen LogP contribution in [0.2, 0.25) is 0 Å². The molecule has 2 aromatic rings. The SMILES string of the molecule is Cc1cc(OC(=O)[C@@H]2CC(=O)N(c3cccc(C)c3C)C2)ccc1N1C(=O)[C@@H]2[C@H]3CC[C@@H](C3)[C@@H]2C1=O. The lowest BCUT2D eigenvalue weighted by atomic mass is 9.81. The zero-order valence-corrected chi connectivity index (χ0v) is 20.8. The van der Waals surface area contributed by atoms with E-state index in [1.165, 1.54) is 4.90 Å². The molecule has 0 unspecified atom stereocenters. The van der Waals surface area contributed by atoms with Gasteiger partial charge in [0.1, 0.15) is 5.75 Å². The van der Waals surface area contributed by atoms with Crippen LogP contribution in [0, 0.1) is 50.4 Å². The van der Waals surface area contributed by atoms with Gasteiger partial charge in [-0.25, -0.2) is 4.90 Å². The highest BCUT2D eigenvalue weighted by Crippen LogP contribution is 2.56. The summed E-state index contributed by atoms with van der Waals surface area (Å²) in [6.45, 7) is 6.07. The Balaban J connectivity index is 1.16. The van der Waals surface area contributed by atoms with Crippen molar-refractivity contribution in [2.45, 2.75) is 46.5 Å². The largest absolute Gasteiger partial charge is 0.426 e. The molecule has 0 spiro atoms. The first-order valence-corrected chi connectivity index (χ1v) is 12.8. The first-order chi connectivity index (χ1) is 17.2. The van der Waals surface area contributed by atoms with E-state index in [0.29, 0.717) is 28.8 Å². The second kappa shape index (κ2) is 8.29. The van der Waals surface area contributed by atoms with E-state index in [0.717, 1.165) is 36.1 Å². The monoisotopic (exact) mass is 486 g/mol. The Morgan fingerprint density at radius 3 is 2.25 bits per heavy atom. The van der Waals surface area contributed by atoms with E-state index < -0.39 is 11.9 Å². The lowest BCUT2D eigenvalue weighted by molar-refractivity contribution is -0.139. The van der Waals surface area contributed by atoms with Crippen LogP contribution in [0.15, 0.2) is 36.4 Å². The maximum absolute atomic E-state index is 13.2. The van der Waals surface area contributed by atoms with Gasteiger partial charge in [0.05, 0.1) is 23.4 Å². The maximum Gasteiger partial charge on any atom is 0.316 e. The number of fused-ring (bicyclic) bond motifs is 5. The number of aryl methyl sites for hydroxylation is 2. The smallest absolute Gasteiger partial charge is 0.316 e. The van der Waals surface area contributed by atoms with Gasteiger partial charge in [-0.15, -0.1) is 0 Å². The fourth-order valence-electron chi connectivity index (χ4n) is 6.91. The number of anilines is 2. The number of hydrogen-bond donors (Lipinski definition) is 0. The van der Waals surface area contributed by atoms with E-state index in [9.17, 15) is 19.2 Å². The highest BCUT2D eigenvalue weighted by Gasteiger charge is 2.61. The fourth-order valence-corrected chi connectivity index (χ4v) is 6.91. The molecule has 5 atom stereocenters. The summed E-state index contributed by atoms with van der Waals surface area (Å²) in [5.74, 6) is -0.612. The molecule has 3 amide bonds. The number of rotatable bonds is 4. The number of imide groups is 1. The Hall–Kier alpha value is -3.48. The van der Waals surface area contributed by atoms with E-state index in [1.54, 1.807) is 23.1 Å². The number of nitrogens with zero attached hydrogens (tertiary/aromatic N) is 2. The summed E-state index contributed by atoms with van der Waals surface area (Å²) in [7, 11) is 0. The number of ether oxygens (including phenoxy) is 1. The Morgan fingerprint density at radius 2 is 1.58 bits per heavy atom. The molecule has 2 bridgehead atoms. The van der Waals surface area contributed by atoms with Gasteiger partial charge in [-0.1, -0.05) is 12.1 Å². The van der Waals surface area contributed by atoms with Crippen molar-refractivity contribution in [1.82, 2.24) is 0 Å². The second-order valence-corrected chi connectivity index (χ2v) is 10.9. The van der Waals surface area contributed by atoms with E-state index >= 15 is 0 Å². The van der Waals surface area contributed by atoms with Gasteiger partial charge >= 0.3 is 5.97 Å². The van der Waals surface area contributed by atoms with E-state index in [4.69, 9.17) is 4.74 Å². The minimum absolute atomic E-state index is 0.0824. The van der Waals surface area contributed by atoms with Crippen LogP contribution in [0.3, 0.4) is 0 Å². The maximum atomic E-state index is 13.2. The van der Waals surface area contributed by atoms with Crippen LogP contribution in [0.4, 0.5) is 11.4 Å². The molecule has 0 aromatic heterocycles. The number of esters is 1. The lowest BCUT2D eigenvalue weighted by Gasteiger charge is -2.21. The van der Waals surface area contributed by atoms with E-state index in [-0.39, 0.29) is 42.5 Å². The average molecular weight is 487 g/mol. The number of carbonyl (C=O) groups excluding carboxylic acids is 4. The molecular weight excluding hydrogens is 456 g/mol. The highest BCUT2D eigenvalue weighted by atomic mass is 16.5. The van der Waals surface area contributed by atoms with Gasteiger partial charge in [0.25, 0.3) is 0 Å². The van der Waals surface area contributed by atoms with Crippen LogP contribution < -0.4 is 14.5 Å². The van der Waals surface area contributed by atoms with Crippen molar-refractivity contribution >= 4 is 35.1 Å². The minimum atomic E-state index is -0.561. The van der Waals surface area contributed by atoms with Crippen LogP contribution in [-0.2, 0) is 19.2 Å². The molecule has 2 aliphatic carbocycles. The zero-order valence-electron chi connectivity index (χ0n) is 20.8. The Morgan fingerprint density at radius 1 is 0.889 bits per heavy atom. The third-order valence-electron chi connectivity index (χ3n) is 8.88. The molecule has 2 heterocycles. The summed E-state index contributed by atoms with van der Waals surface area (Å²) < 4.78 is 5.65. The molecule has 4 fully saturated rings. The second-order valence-electron chi connectivity index (χ2n) is 10.9. The number of amides is 3. The molecule has 7 heteroatoms. The van der Waals surface area contributed by atoms with Crippen LogP contribution in [0.5, 0.6) is 5.75 Å². The third kappa shape index (κ3) is 3.39. The van der Waals surface area contributed by atoms with E-state index in [1.807, 2.05) is 39.0 Å². The van der Waals surface area contributed by atoms with Crippen LogP contribution in [0.1, 0.15) is 42.4 Å². The number of carbonyl (C=O) groups is 4. The van der Waals surface area contributed by atoms with Crippen molar-refractivity contribution in [2.75, 3.05) is 16.3 Å². The number of hydrogen-bond acceptors (Lipinski definition) is 5. The van der Waals surface area contributed by atoms with Gasteiger partial charge in [-0.05, 0) is 92.8 Å². The van der Waals surface area contributed by atoms with Gasteiger partial charge in [-0.2, -0.15) is 0 Å². The summed E-state index contributed by atoms with van der Waals surface area (Å²) in [5.41, 5.74) is 4.21. The summed E-state index contributed by atoms with van der Waals surface area (Å²) in [6, 6.07) is 10.8. The van der Waals surface area contributed by atoms with Gasteiger partial charge in [-0.3, -0.25) is 19.2 Å². The Bertz CT molecular complexity index is 1290. The normalized spacial score (nSPS) is 28.9. The molecule has 0 N–H and O–H groups in total. The molecule has 186 valence electrons. The first kappa shape index (κ1) is 23.0.